The minimum absolute atomic E-state index is 0.110. The zero-order valence-corrected chi connectivity index (χ0v) is 18.7. The van der Waals surface area contributed by atoms with Gasteiger partial charge in [0.15, 0.2) is 10.7 Å². The highest BCUT2D eigenvalue weighted by Gasteiger charge is 2.13. The van der Waals surface area contributed by atoms with E-state index in [1.165, 1.54) is 0 Å². The minimum atomic E-state index is -0.110. The number of carbonyl (C=O) groups is 2. The van der Waals surface area contributed by atoms with Crippen LogP contribution in [0.25, 0.3) is 26.4 Å². The van der Waals surface area contributed by atoms with E-state index in [9.17, 15) is 9.59 Å². The number of ether oxygens (including phenoxy) is 1. The van der Waals surface area contributed by atoms with Crippen molar-refractivity contribution in [2.45, 2.75) is 32.8 Å². The molecule has 0 saturated carbocycles. The van der Waals surface area contributed by atoms with Crippen LogP contribution in [-0.2, 0) is 4.74 Å². The van der Waals surface area contributed by atoms with E-state index in [4.69, 9.17) is 9.72 Å². The molecule has 2 aromatic carbocycles. The van der Waals surface area contributed by atoms with Crippen molar-refractivity contribution in [2.75, 3.05) is 13.7 Å². The number of carbonyl (C=O) groups excluding carboxylic acids is 2. The van der Waals surface area contributed by atoms with E-state index in [-0.39, 0.29) is 17.8 Å². The van der Waals surface area contributed by atoms with Crippen molar-refractivity contribution >= 4 is 38.2 Å². The number of ketones is 1. The standard InChI is InChI=1S/C24H25N3O3S/c1-15(2)30-12-4-5-21(28)18-10-11-20-22(13-18)31-24-26-19(14-27(20)24)16-6-8-17(9-7-16)23(29)25-3/h6-11,13-15H,4-5,12H2,1-3H3,(H,25,29). The van der Waals surface area contributed by atoms with Crippen LogP contribution in [0.15, 0.2) is 48.7 Å². The van der Waals surface area contributed by atoms with Gasteiger partial charge in [-0.25, -0.2) is 4.98 Å². The Labute approximate surface area is 184 Å². The summed E-state index contributed by atoms with van der Waals surface area (Å²) >= 11 is 1.56. The molecule has 4 rings (SSSR count). The predicted octanol–water partition coefficient (Wildman–Crippen LogP) is 4.96. The molecule has 0 radical (unpaired) electrons. The van der Waals surface area contributed by atoms with Crippen LogP contribution in [0.2, 0.25) is 0 Å². The minimum Gasteiger partial charge on any atom is -0.379 e. The number of nitrogens with zero attached hydrogens (tertiary/aromatic N) is 2. The number of thiazole rings is 1. The highest BCUT2D eigenvalue weighted by atomic mass is 32.1. The summed E-state index contributed by atoms with van der Waals surface area (Å²) in [5.41, 5.74) is 4.17. The number of rotatable bonds is 8. The van der Waals surface area contributed by atoms with E-state index < -0.39 is 0 Å². The van der Waals surface area contributed by atoms with Crippen LogP contribution < -0.4 is 5.32 Å². The molecule has 0 aliphatic heterocycles. The fourth-order valence-corrected chi connectivity index (χ4v) is 4.49. The number of benzene rings is 2. The van der Waals surface area contributed by atoms with Gasteiger partial charge in [-0.15, -0.1) is 0 Å². The second-order valence-electron chi connectivity index (χ2n) is 7.67. The molecule has 0 bridgehead atoms. The Bertz CT molecular complexity index is 1240. The second-order valence-corrected chi connectivity index (χ2v) is 8.68. The summed E-state index contributed by atoms with van der Waals surface area (Å²) in [5, 5.41) is 2.62. The van der Waals surface area contributed by atoms with Crippen molar-refractivity contribution in [1.82, 2.24) is 14.7 Å². The largest absolute Gasteiger partial charge is 0.379 e. The van der Waals surface area contributed by atoms with Crippen LogP contribution in [-0.4, -0.2) is 40.8 Å². The molecule has 0 aliphatic carbocycles. The lowest BCUT2D eigenvalue weighted by molar-refractivity contribution is 0.0721. The Morgan fingerprint density at radius 3 is 2.58 bits per heavy atom. The van der Waals surface area contributed by atoms with Gasteiger partial charge in [0.25, 0.3) is 5.91 Å². The molecule has 0 fully saturated rings. The van der Waals surface area contributed by atoms with Crippen LogP contribution in [0.5, 0.6) is 0 Å². The van der Waals surface area contributed by atoms with Gasteiger partial charge in [0.05, 0.1) is 22.0 Å². The number of hydrogen-bond donors (Lipinski definition) is 1. The predicted molar refractivity (Wildman–Crippen MR) is 124 cm³/mol. The molecule has 1 N–H and O–H groups in total. The maximum atomic E-state index is 12.5. The number of hydrogen-bond acceptors (Lipinski definition) is 5. The number of Topliss-reactive ketones (excluding diaryl/α,β-unsaturated/α-hetero) is 1. The molecule has 7 heteroatoms. The molecule has 0 atom stereocenters. The van der Waals surface area contributed by atoms with Gasteiger partial charge in [-0.2, -0.15) is 0 Å². The quantitative estimate of drug-likeness (QED) is 0.313. The van der Waals surface area contributed by atoms with Crippen LogP contribution in [0.4, 0.5) is 0 Å². The van der Waals surface area contributed by atoms with E-state index in [2.05, 4.69) is 5.32 Å². The van der Waals surface area contributed by atoms with E-state index in [0.29, 0.717) is 18.6 Å². The Kier molecular flexibility index (Phi) is 6.15. The summed E-state index contributed by atoms with van der Waals surface area (Å²) in [4.78, 5) is 29.9. The highest BCUT2D eigenvalue weighted by Crippen LogP contribution is 2.30. The fourth-order valence-electron chi connectivity index (χ4n) is 3.45. The average molecular weight is 436 g/mol. The van der Waals surface area contributed by atoms with Crippen molar-refractivity contribution in [1.29, 1.82) is 0 Å². The van der Waals surface area contributed by atoms with Crippen molar-refractivity contribution < 1.29 is 14.3 Å². The van der Waals surface area contributed by atoms with Gasteiger partial charge in [0.2, 0.25) is 0 Å². The average Bonchev–Trinajstić information content (AvgIpc) is 3.33. The first-order chi connectivity index (χ1) is 15.0. The Morgan fingerprint density at radius 1 is 1.13 bits per heavy atom. The maximum Gasteiger partial charge on any atom is 0.251 e. The molecule has 1 amide bonds. The summed E-state index contributed by atoms with van der Waals surface area (Å²) < 4.78 is 8.60. The molecule has 2 heterocycles. The molecule has 0 spiro atoms. The zero-order chi connectivity index (χ0) is 22.0. The van der Waals surface area contributed by atoms with Gasteiger partial charge in [0.1, 0.15) is 0 Å². The lowest BCUT2D eigenvalue weighted by Gasteiger charge is -2.06. The van der Waals surface area contributed by atoms with Crippen molar-refractivity contribution in [3.8, 4) is 11.3 Å². The van der Waals surface area contributed by atoms with Gasteiger partial charge in [-0.1, -0.05) is 23.5 Å². The third-order valence-corrected chi connectivity index (χ3v) is 6.10. The van der Waals surface area contributed by atoms with E-state index in [1.54, 1.807) is 30.5 Å². The fraction of sp³-hybridized carbons (Fsp3) is 0.292. The molecule has 31 heavy (non-hydrogen) atoms. The smallest absolute Gasteiger partial charge is 0.251 e. The Hall–Kier alpha value is -3.03. The van der Waals surface area contributed by atoms with Crippen LogP contribution in [0.3, 0.4) is 0 Å². The second kappa shape index (κ2) is 8.99. The first-order valence-electron chi connectivity index (χ1n) is 10.3. The summed E-state index contributed by atoms with van der Waals surface area (Å²) in [6, 6.07) is 13.2. The molecular formula is C24H25N3O3S. The van der Waals surface area contributed by atoms with Gasteiger partial charge < -0.3 is 10.1 Å². The van der Waals surface area contributed by atoms with Gasteiger partial charge in [-0.05, 0) is 50.6 Å². The monoisotopic (exact) mass is 435 g/mol. The normalized spacial score (nSPS) is 11.5. The zero-order valence-electron chi connectivity index (χ0n) is 17.8. The highest BCUT2D eigenvalue weighted by molar-refractivity contribution is 7.23. The van der Waals surface area contributed by atoms with Crippen molar-refractivity contribution in [2.24, 2.45) is 0 Å². The topological polar surface area (TPSA) is 72.7 Å². The summed E-state index contributed by atoms with van der Waals surface area (Å²) in [6.45, 7) is 4.59. The molecule has 0 unspecified atom stereocenters. The molecular weight excluding hydrogens is 410 g/mol. The van der Waals surface area contributed by atoms with Gasteiger partial charge in [-0.3, -0.25) is 14.0 Å². The number of aromatic nitrogens is 2. The summed E-state index contributed by atoms with van der Waals surface area (Å²) in [7, 11) is 1.62. The van der Waals surface area contributed by atoms with Crippen LogP contribution in [0, 0.1) is 0 Å². The first-order valence-corrected chi connectivity index (χ1v) is 11.2. The third kappa shape index (κ3) is 4.52. The molecule has 0 saturated heterocycles. The SMILES string of the molecule is CNC(=O)c1ccc(-c2cn3c(n2)sc2cc(C(=O)CCCOC(C)C)ccc23)cc1. The molecule has 0 aliphatic rings. The van der Waals surface area contributed by atoms with Gasteiger partial charge >= 0.3 is 0 Å². The van der Waals surface area contributed by atoms with Gasteiger partial charge in [0, 0.05) is 43.0 Å². The number of nitrogens with one attached hydrogen (secondary N) is 1. The van der Waals surface area contributed by atoms with E-state index >= 15 is 0 Å². The summed E-state index contributed by atoms with van der Waals surface area (Å²) in [6.07, 6.45) is 3.39. The number of amides is 1. The first kappa shape index (κ1) is 21.2. The molecule has 4 aromatic rings. The third-order valence-electron chi connectivity index (χ3n) is 5.09. The lowest BCUT2D eigenvalue weighted by Crippen LogP contribution is -2.17. The van der Waals surface area contributed by atoms with Crippen LogP contribution >= 0.6 is 11.3 Å². The summed E-state index contributed by atoms with van der Waals surface area (Å²) in [5.74, 6) is 0.0263. The molecule has 2 aromatic heterocycles. The number of fused-ring (bicyclic) bond motifs is 3. The Morgan fingerprint density at radius 2 is 1.87 bits per heavy atom. The van der Waals surface area contributed by atoms with E-state index in [1.807, 2.05) is 54.8 Å². The Balaban J connectivity index is 1.53. The van der Waals surface area contributed by atoms with E-state index in [0.717, 1.165) is 38.4 Å². The van der Waals surface area contributed by atoms with Crippen molar-refractivity contribution in [3.05, 3.63) is 59.8 Å². The number of imidazole rings is 1. The van der Waals surface area contributed by atoms with Crippen molar-refractivity contribution in [3.63, 3.8) is 0 Å². The maximum absolute atomic E-state index is 12.5. The molecule has 6 nitrogen and oxygen atoms in total. The molecule has 160 valence electrons. The van der Waals surface area contributed by atoms with Crippen LogP contribution in [0.1, 0.15) is 47.4 Å². The lowest BCUT2D eigenvalue weighted by atomic mass is 10.1.